The second kappa shape index (κ2) is 6.87. The molecule has 0 aromatic rings. The molecule has 4 nitrogen and oxygen atoms in total. The Labute approximate surface area is 142 Å². The number of carboxylic acids is 2. The molecule has 0 bridgehead atoms. The summed E-state index contributed by atoms with van der Waals surface area (Å²) in [6.45, 7) is 12.9. The zero-order valence-corrected chi connectivity index (χ0v) is 14.6. The smallest absolute Gasteiger partial charge is 0.317 e. The van der Waals surface area contributed by atoms with Crippen molar-refractivity contribution in [2.75, 3.05) is 0 Å². The van der Waals surface area contributed by atoms with Gasteiger partial charge in [-0.2, -0.15) is 0 Å². The van der Waals surface area contributed by atoms with Crippen molar-refractivity contribution in [2.24, 2.45) is 10.8 Å². The first-order valence-electron chi connectivity index (χ1n) is 7.59. The molecule has 0 spiro atoms. The van der Waals surface area contributed by atoms with Crippen LogP contribution in [0.1, 0.15) is 27.7 Å². The number of hydrogen-bond donors (Lipinski definition) is 2. The quantitative estimate of drug-likeness (QED) is 0.741. The van der Waals surface area contributed by atoms with Gasteiger partial charge in [-0.3, -0.25) is 9.59 Å². The third-order valence-electron chi connectivity index (χ3n) is 4.52. The minimum Gasteiger partial charge on any atom is -0.480 e. The Morgan fingerprint density at radius 2 is 1.12 bits per heavy atom. The molecule has 2 aliphatic carbocycles. The average molecular weight is 328 g/mol. The first-order valence-corrected chi connectivity index (χ1v) is 7.59. The van der Waals surface area contributed by atoms with Crippen LogP contribution in [0.2, 0.25) is 0 Å². The van der Waals surface area contributed by atoms with Gasteiger partial charge in [-0.05, 0) is 50.0 Å². The van der Waals surface area contributed by atoms with Crippen molar-refractivity contribution in [3.05, 3.63) is 71.9 Å². The van der Waals surface area contributed by atoms with E-state index in [2.05, 4.69) is 13.2 Å². The molecule has 0 saturated heterocycles. The van der Waals surface area contributed by atoms with Crippen molar-refractivity contribution in [2.45, 2.75) is 27.7 Å². The molecule has 0 amide bonds. The highest BCUT2D eigenvalue weighted by atomic mass is 16.4. The lowest BCUT2D eigenvalue weighted by Crippen LogP contribution is -2.37. The van der Waals surface area contributed by atoms with E-state index in [4.69, 9.17) is 0 Å². The summed E-state index contributed by atoms with van der Waals surface area (Å²) in [5.74, 6) is -1.98. The molecule has 0 fully saturated rings. The number of carbonyl (C=O) groups is 2. The average Bonchev–Trinajstić information content (AvgIpc) is 2.51. The van der Waals surface area contributed by atoms with E-state index in [1.807, 2.05) is 26.0 Å². The summed E-state index contributed by atoms with van der Waals surface area (Å²) in [6.07, 6.45) is 10.3. The summed E-state index contributed by atoms with van der Waals surface area (Å²) in [4.78, 5) is 23.7. The summed E-state index contributed by atoms with van der Waals surface area (Å²) in [7, 11) is 0. The lowest BCUT2D eigenvalue weighted by molar-refractivity contribution is -0.145. The number of allylic oxidation sites excluding steroid dienone is 6. The molecule has 0 radical (unpaired) electrons. The maximum Gasteiger partial charge on any atom is 0.317 e. The number of carboxylic acid groups (broad SMARTS) is 2. The van der Waals surface area contributed by atoms with Crippen molar-refractivity contribution >= 4 is 11.9 Å². The highest BCUT2D eigenvalue weighted by Gasteiger charge is 2.45. The first kappa shape index (κ1) is 19.4. The van der Waals surface area contributed by atoms with Gasteiger partial charge in [-0.15, -0.1) is 13.2 Å². The van der Waals surface area contributed by atoms with Crippen LogP contribution < -0.4 is 0 Å². The van der Waals surface area contributed by atoms with Crippen molar-refractivity contribution in [1.29, 1.82) is 0 Å². The topological polar surface area (TPSA) is 74.6 Å². The van der Waals surface area contributed by atoms with Gasteiger partial charge in [0.15, 0.2) is 0 Å². The van der Waals surface area contributed by atoms with Crippen LogP contribution in [0.15, 0.2) is 71.9 Å². The zero-order valence-electron chi connectivity index (χ0n) is 14.6. The van der Waals surface area contributed by atoms with Crippen LogP contribution >= 0.6 is 0 Å². The van der Waals surface area contributed by atoms with Gasteiger partial charge in [-0.1, -0.05) is 36.5 Å². The molecular weight excluding hydrogens is 304 g/mol. The number of hydrogen-bond acceptors (Lipinski definition) is 2. The Morgan fingerprint density at radius 1 is 0.833 bits per heavy atom. The van der Waals surface area contributed by atoms with E-state index in [-0.39, 0.29) is 0 Å². The Bertz CT molecular complexity index is 658. The number of aliphatic carboxylic acids is 2. The van der Waals surface area contributed by atoms with Crippen LogP contribution in [-0.4, -0.2) is 22.2 Å². The van der Waals surface area contributed by atoms with Crippen molar-refractivity contribution in [3.63, 3.8) is 0 Å². The third-order valence-corrected chi connectivity index (χ3v) is 4.52. The van der Waals surface area contributed by atoms with E-state index < -0.39 is 22.8 Å². The standard InChI is InChI=1S/C18H20O4.C2H4/c1-11-7-5-9-17(3,15(19)20)13(11)14-12(2)8-6-10-18(14,4)16(21)22;1-2/h5-10H,1-4H3,(H,19,20)(H,21,22);1-2H2/b14-13+;. The van der Waals surface area contributed by atoms with Crippen LogP contribution in [0.4, 0.5) is 0 Å². The molecule has 0 aromatic carbocycles. The maximum absolute atomic E-state index is 11.9. The molecule has 24 heavy (non-hydrogen) atoms. The molecule has 4 heteroatoms. The first-order chi connectivity index (χ1) is 11.1. The van der Waals surface area contributed by atoms with Gasteiger partial charge in [0.05, 0.1) is 0 Å². The lowest BCUT2D eigenvalue weighted by atomic mass is 9.65. The molecule has 0 aromatic heterocycles. The fraction of sp³-hybridized carbons (Fsp3) is 0.300. The van der Waals surface area contributed by atoms with Crippen LogP contribution in [0.25, 0.3) is 0 Å². The van der Waals surface area contributed by atoms with Crippen LogP contribution in [-0.2, 0) is 9.59 Å². The van der Waals surface area contributed by atoms with Crippen LogP contribution in [0.3, 0.4) is 0 Å². The highest BCUT2D eigenvalue weighted by molar-refractivity contribution is 5.89. The van der Waals surface area contributed by atoms with E-state index in [1.54, 1.807) is 38.2 Å². The minimum atomic E-state index is -1.24. The van der Waals surface area contributed by atoms with E-state index in [9.17, 15) is 19.8 Å². The van der Waals surface area contributed by atoms with Crippen LogP contribution in [0.5, 0.6) is 0 Å². The molecule has 0 saturated carbocycles. The van der Waals surface area contributed by atoms with Gasteiger partial charge in [0, 0.05) is 0 Å². The molecule has 0 aliphatic heterocycles. The van der Waals surface area contributed by atoms with E-state index >= 15 is 0 Å². The summed E-state index contributed by atoms with van der Waals surface area (Å²) in [6, 6.07) is 0. The van der Waals surface area contributed by atoms with Crippen molar-refractivity contribution in [1.82, 2.24) is 0 Å². The van der Waals surface area contributed by atoms with Crippen molar-refractivity contribution in [3.8, 4) is 0 Å². The molecule has 2 atom stereocenters. The predicted octanol–water partition coefficient (Wildman–Crippen LogP) is 4.30. The van der Waals surface area contributed by atoms with Gasteiger partial charge >= 0.3 is 11.9 Å². The largest absolute Gasteiger partial charge is 0.480 e. The molecule has 2 aliphatic rings. The molecule has 2 N–H and O–H groups in total. The van der Waals surface area contributed by atoms with Gasteiger partial charge < -0.3 is 10.2 Å². The lowest BCUT2D eigenvalue weighted by Gasteiger charge is -2.37. The zero-order chi connectivity index (χ0) is 18.7. The van der Waals surface area contributed by atoms with Gasteiger partial charge in [0.25, 0.3) is 0 Å². The Hall–Kier alpha value is -2.62. The number of rotatable bonds is 2. The fourth-order valence-electron chi connectivity index (χ4n) is 3.19. The van der Waals surface area contributed by atoms with Gasteiger partial charge in [0.1, 0.15) is 10.8 Å². The highest BCUT2D eigenvalue weighted by Crippen LogP contribution is 2.48. The van der Waals surface area contributed by atoms with E-state index in [0.717, 1.165) is 11.1 Å². The summed E-state index contributed by atoms with van der Waals surface area (Å²) >= 11 is 0. The van der Waals surface area contributed by atoms with Gasteiger partial charge in [0.2, 0.25) is 0 Å². The second-order valence-corrected chi connectivity index (χ2v) is 6.18. The normalized spacial score (nSPS) is 31.5. The molecule has 0 heterocycles. The monoisotopic (exact) mass is 328 g/mol. The summed E-state index contributed by atoms with van der Waals surface area (Å²) in [5, 5.41) is 19.4. The Morgan fingerprint density at radius 3 is 1.38 bits per heavy atom. The Kier molecular flexibility index (Phi) is 5.56. The minimum absolute atomic E-state index is 0.561. The molecule has 128 valence electrons. The maximum atomic E-state index is 11.9. The summed E-state index contributed by atoms with van der Waals surface area (Å²) in [5.41, 5.74) is 0.183. The SMILES string of the molecule is C=C.CC1=CC=CC(C)(C(=O)O)/C1=C1\C(C)=CC=CC1(C)C(=O)O. The van der Waals surface area contributed by atoms with Crippen molar-refractivity contribution < 1.29 is 19.8 Å². The van der Waals surface area contributed by atoms with E-state index in [1.165, 1.54) is 0 Å². The fourth-order valence-corrected chi connectivity index (χ4v) is 3.19. The molecular formula is C20H24O4. The van der Waals surface area contributed by atoms with Crippen LogP contribution in [0, 0.1) is 10.8 Å². The molecule has 2 unspecified atom stereocenters. The summed E-state index contributed by atoms with van der Waals surface area (Å²) < 4.78 is 0. The van der Waals surface area contributed by atoms with Gasteiger partial charge in [-0.25, -0.2) is 0 Å². The third kappa shape index (κ3) is 2.92. The second-order valence-electron chi connectivity index (χ2n) is 6.18. The molecule has 2 rings (SSSR count). The predicted molar refractivity (Wildman–Crippen MR) is 95.6 cm³/mol. The van der Waals surface area contributed by atoms with E-state index in [0.29, 0.717) is 11.1 Å². The Balaban J connectivity index is 0.00000139.